The summed E-state index contributed by atoms with van der Waals surface area (Å²) in [6.07, 6.45) is 3.74. The van der Waals surface area contributed by atoms with Crippen LogP contribution in [-0.2, 0) is 4.79 Å². The molecule has 0 atom stereocenters. The van der Waals surface area contributed by atoms with Gasteiger partial charge in [-0.1, -0.05) is 6.92 Å². The topological polar surface area (TPSA) is 79.3 Å². The predicted octanol–water partition coefficient (Wildman–Crippen LogP) is 1.71. The molecule has 0 aromatic carbocycles. The van der Waals surface area contributed by atoms with Crippen LogP contribution < -0.4 is 5.32 Å². The standard InChI is InChI=1S/C12H10N2O3/c1-2-7-3-9-10(14-11(7)6-15)4-8(5-13-9)12(16)17/h3-5,14H,2H2,1H3,(H,16,17). The molecule has 1 aliphatic heterocycles. The SMILES string of the molecule is CCC1=Cc2ncc(C(=O)O)cc2NC1=C=O. The van der Waals surface area contributed by atoms with Gasteiger partial charge in [-0.25, -0.2) is 9.59 Å². The highest BCUT2D eigenvalue weighted by atomic mass is 16.4. The van der Waals surface area contributed by atoms with Crippen LogP contribution in [0.4, 0.5) is 5.69 Å². The third kappa shape index (κ3) is 1.96. The monoisotopic (exact) mass is 230 g/mol. The van der Waals surface area contributed by atoms with Gasteiger partial charge in [-0.3, -0.25) is 4.98 Å². The Morgan fingerprint density at radius 1 is 1.59 bits per heavy atom. The molecule has 2 heterocycles. The number of carbonyl (C=O) groups is 1. The zero-order valence-corrected chi connectivity index (χ0v) is 9.15. The summed E-state index contributed by atoms with van der Waals surface area (Å²) in [6, 6.07) is 1.45. The van der Waals surface area contributed by atoms with Gasteiger partial charge >= 0.3 is 5.97 Å². The number of nitrogens with one attached hydrogen (secondary N) is 1. The molecule has 2 rings (SSSR count). The van der Waals surface area contributed by atoms with Crippen molar-refractivity contribution in [3.8, 4) is 0 Å². The molecule has 86 valence electrons. The fourth-order valence-corrected chi connectivity index (χ4v) is 1.63. The van der Waals surface area contributed by atoms with E-state index in [1.54, 1.807) is 12.0 Å². The number of hydrogen-bond acceptors (Lipinski definition) is 4. The van der Waals surface area contributed by atoms with E-state index in [0.717, 1.165) is 5.57 Å². The second-order valence-corrected chi connectivity index (χ2v) is 3.59. The van der Waals surface area contributed by atoms with Crippen LogP contribution in [0, 0.1) is 0 Å². The van der Waals surface area contributed by atoms with Gasteiger partial charge in [0.2, 0.25) is 0 Å². The Morgan fingerprint density at radius 3 is 2.94 bits per heavy atom. The van der Waals surface area contributed by atoms with Crippen molar-refractivity contribution in [1.29, 1.82) is 0 Å². The summed E-state index contributed by atoms with van der Waals surface area (Å²) in [5.74, 6) is 0.755. The predicted molar refractivity (Wildman–Crippen MR) is 62.3 cm³/mol. The lowest BCUT2D eigenvalue weighted by atomic mass is 10.0. The molecule has 5 heteroatoms. The lowest BCUT2D eigenvalue weighted by Gasteiger charge is -2.17. The Hall–Kier alpha value is -2.39. The van der Waals surface area contributed by atoms with Crippen molar-refractivity contribution in [2.24, 2.45) is 0 Å². The van der Waals surface area contributed by atoms with Crippen LogP contribution in [0.1, 0.15) is 29.4 Å². The van der Waals surface area contributed by atoms with E-state index in [1.165, 1.54) is 12.3 Å². The van der Waals surface area contributed by atoms with E-state index < -0.39 is 5.97 Å². The Morgan fingerprint density at radius 2 is 2.35 bits per heavy atom. The largest absolute Gasteiger partial charge is 0.478 e. The first-order chi connectivity index (χ1) is 8.15. The highest BCUT2D eigenvalue weighted by Gasteiger charge is 2.17. The van der Waals surface area contributed by atoms with E-state index in [9.17, 15) is 9.59 Å². The molecule has 1 aromatic rings. The molecule has 0 spiro atoms. The van der Waals surface area contributed by atoms with E-state index >= 15 is 0 Å². The molecule has 0 amide bonds. The first-order valence-corrected chi connectivity index (χ1v) is 5.12. The van der Waals surface area contributed by atoms with Crippen molar-refractivity contribution < 1.29 is 14.7 Å². The number of fused-ring (bicyclic) bond motifs is 1. The number of nitrogens with zero attached hydrogens (tertiary/aromatic N) is 1. The van der Waals surface area contributed by atoms with Gasteiger partial charge in [-0.05, 0) is 24.1 Å². The van der Waals surface area contributed by atoms with Gasteiger partial charge in [0.15, 0.2) is 5.94 Å². The number of carbonyl (C=O) groups excluding carboxylic acids is 1. The number of anilines is 1. The molecule has 0 aliphatic carbocycles. The van der Waals surface area contributed by atoms with Gasteiger partial charge in [0.25, 0.3) is 0 Å². The number of pyridine rings is 1. The summed E-state index contributed by atoms with van der Waals surface area (Å²) in [4.78, 5) is 25.6. The average molecular weight is 230 g/mol. The van der Waals surface area contributed by atoms with E-state index in [1.807, 2.05) is 6.92 Å². The van der Waals surface area contributed by atoms with Crippen LogP contribution in [0.5, 0.6) is 0 Å². The molecule has 0 unspecified atom stereocenters. The van der Waals surface area contributed by atoms with E-state index in [-0.39, 0.29) is 5.56 Å². The first-order valence-electron chi connectivity index (χ1n) is 5.12. The molecule has 0 saturated heterocycles. The minimum Gasteiger partial charge on any atom is -0.478 e. The maximum atomic E-state index is 10.8. The summed E-state index contributed by atoms with van der Waals surface area (Å²) < 4.78 is 0. The number of carboxylic acids is 1. The molecular weight excluding hydrogens is 220 g/mol. The number of rotatable bonds is 2. The number of aromatic carboxylic acids is 1. The smallest absolute Gasteiger partial charge is 0.337 e. The lowest BCUT2D eigenvalue weighted by molar-refractivity contribution is 0.0696. The van der Waals surface area contributed by atoms with E-state index in [0.29, 0.717) is 23.5 Å². The van der Waals surface area contributed by atoms with E-state index in [2.05, 4.69) is 10.3 Å². The van der Waals surface area contributed by atoms with Crippen LogP contribution in [0.15, 0.2) is 23.5 Å². The fourth-order valence-electron chi connectivity index (χ4n) is 1.63. The van der Waals surface area contributed by atoms with Crippen molar-refractivity contribution in [1.82, 2.24) is 4.98 Å². The molecule has 1 aromatic heterocycles. The van der Waals surface area contributed by atoms with Crippen LogP contribution in [0.2, 0.25) is 0 Å². The summed E-state index contributed by atoms with van der Waals surface area (Å²) in [6.45, 7) is 1.92. The highest BCUT2D eigenvalue weighted by molar-refractivity contribution is 5.91. The third-order valence-corrected chi connectivity index (χ3v) is 2.54. The number of aromatic nitrogens is 1. The summed E-state index contributed by atoms with van der Waals surface area (Å²) in [5.41, 5.74) is 2.37. The molecule has 0 fully saturated rings. The molecule has 2 N–H and O–H groups in total. The number of allylic oxidation sites excluding steroid dienone is 1. The molecule has 0 saturated carbocycles. The third-order valence-electron chi connectivity index (χ3n) is 2.54. The Bertz CT molecular complexity index is 569. The highest BCUT2D eigenvalue weighted by Crippen LogP contribution is 2.28. The van der Waals surface area contributed by atoms with Gasteiger partial charge in [-0.2, -0.15) is 0 Å². The van der Waals surface area contributed by atoms with Crippen molar-refractivity contribution in [2.45, 2.75) is 13.3 Å². The molecule has 5 nitrogen and oxygen atoms in total. The van der Waals surface area contributed by atoms with Crippen LogP contribution in [0.3, 0.4) is 0 Å². The second kappa shape index (κ2) is 4.23. The number of hydrogen-bond donors (Lipinski definition) is 2. The summed E-state index contributed by atoms with van der Waals surface area (Å²) >= 11 is 0. The van der Waals surface area contributed by atoms with Crippen LogP contribution >= 0.6 is 0 Å². The minimum absolute atomic E-state index is 0.0786. The molecule has 0 radical (unpaired) electrons. The quantitative estimate of drug-likeness (QED) is 0.756. The molecule has 17 heavy (non-hydrogen) atoms. The maximum absolute atomic E-state index is 10.8. The van der Waals surface area contributed by atoms with Crippen LogP contribution in [0.25, 0.3) is 6.08 Å². The molecule has 0 bridgehead atoms. The molecular formula is C12H10N2O3. The number of carboxylic acid groups (broad SMARTS) is 1. The van der Waals surface area contributed by atoms with Crippen LogP contribution in [-0.4, -0.2) is 22.0 Å². The summed E-state index contributed by atoms with van der Waals surface area (Å²) in [7, 11) is 0. The van der Waals surface area contributed by atoms with Gasteiger partial charge in [-0.15, -0.1) is 0 Å². The zero-order chi connectivity index (χ0) is 12.4. The zero-order valence-electron chi connectivity index (χ0n) is 9.15. The van der Waals surface area contributed by atoms with Gasteiger partial charge in [0, 0.05) is 6.20 Å². The van der Waals surface area contributed by atoms with Gasteiger partial charge in [0.1, 0.15) is 5.70 Å². The molecule has 1 aliphatic rings. The normalized spacial score (nSPS) is 13.2. The summed E-state index contributed by atoms with van der Waals surface area (Å²) in [5, 5.41) is 11.7. The van der Waals surface area contributed by atoms with Gasteiger partial charge < -0.3 is 10.4 Å². The van der Waals surface area contributed by atoms with Crippen molar-refractivity contribution in [3.05, 3.63) is 34.8 Å². The minimum atomic E-state index is -1.05. The maximum Gasteiger partial charge on any atom is 0.337 e. The van der Waals surface area contributed by atoms with Crippen molar-refractivity contribution >= 4 is 23.7 Å². The first kappa shape index (κ1) is 11.1. The fraction of sp³-hybridized carbons (Fsp3) is 0.167. The average Bonchev–Trinajstić information content (AvgIpc) is 2.36. The Kier molecular flexibility index (Phi) is 2.77. The van der Waals surface area contributed by atoms with E-state index in [4.69, 9.17) is 5.11 Å². The second-order valence-electron chi connectivity index (χ2n) is 3.59. The Balaban J connectivity index is 2.54. The lowest BCUT2D eigenvalue weighted by Crippen LogP contribution is -2.11. The van der Waals surface area contributed by atoms with Crippen molar-refractivity contribution in [2.75, 3.05) is 5.32 Å². The van der Waals surface area contributed by atoms with Gasteiger partial charge in [0.05, 0.1) is 16.9 Å². The van der Waals surface area contributed by atoms with Crippen molar-refractivity contribution in [3.63, 3.8) is 0 Å². The Labute approximate surface area is 97.5 Å².